The zero-order valence-corrected chi connectivity index (χ0v) is 13.8. The summed E-state index contributed by atoms with van der Waals surface area (Å²) in [4.78, 5) is 6.72. The summed E-state index contributed by atoms with van der Waals surface area (Å²) in [6.07, 6.45) is 3.26. The maximum atomic E-state index is 6.12. The van der Waals surface area contributed by atoms with Crippen molar-refractivity contribution in [2.75, 3.05) is 33.9 Å². The van der Waals surface area contributed by atoms with Crippen LogP contribution in [0.1, 0.15) is 25.3 Å². The quantitative estimate of drug-likeness (QED) is 0.670. The van der Waals surface area contributed by atoms with Crippen LogP contribution in [0.2, 0.25) is 0 Å². The van der Waals surface area contributed by atoms with Crippen LogP contribution in [0.4, 0.5) is 0 Å². The summed E-state index contributed by atoms with van der Waals surface area (Å²) in [5.41, 5.74) is 7.21. The summed E-state index contributed by atoms with van der Waals surface area (Å²) < 4.78 is 10.7. The molecule has 0 saturated carbocycles. The molecule has 1 aromatic rings. The second-order valence-corrected chi connectivity index (χ2v) is 5.86. The van der Waals surface area contributed by atoms with Gasteiger partial charge in [0.1, 0.15) is 11.5 Å². The van der Waals surface area contributed by atoms with Crippen molar-refractivity contribution in [1.29, 1.82) is 0 Å². The highest BCUT2D eigenvalue weighted by atomic mass is 16.5. The molecule has 0 bridgehead atoms. The van der Waals surface area contributed by atoms with Gasteiger partial charge in [-0.25, -0.2) is 0 Å². The Morgan fingerprint density at radius 3 is 2.86 bits per heavy atom. The molecule has 2 N–H and O–H groups in total. The first-order valence-electron chi connectivity index (χ1n) is 7.89. The van der Waals surface area contributed by atoms with Gasteiger partial charge < -0.3 is 20.1 Å². The van der Waals surface area contributed by atoms with Crippen molar-refractivity contribution in [3.63, 3.8) is 0 Å². The highest BCUT2D eigenvalue weighted by Crippen LogP contribution is 2.24. The number of nitrogens with two attached hydrogens (primary N) is 1. The number of hydrogen-bond acceptors (Lipinski definition) is 3. The summed E-state index contributed by atoms with van der Waals surface area (Å²) in [6.45, 7) is 4.95. The van der Waals surface area contributed by atoms with Crippen LogP contribution >= 0.6 is 0 Å². The summed E-state index contributed by atoms with van der Waals surface area (Å²) in [7, 11) is 3.34. The third-order valence-corrected chi connectivity index (χ3v) is 4.12. The van der Waals surface area contributed by atoms with E-state index in [1.165, 1.54) is 12.8 Å². The molecule has 5 heteroatoms. The van der Waals surface area contributed by atoms with Gasteiger partial charge in [0.2, 0.25) is 0 Å². The van der Waals surface area contributed by atoms with Crippen LogP contribution in [-0.2, 0) is 6.42 Å². The predicted octanol–water partition coefficient (Wildman–Crippen LogP) is 2.29. The maximum absolute atomic E-state index is 6.12. The first-order valence-corrected chi connectivity index (χ1v) is 7.89. The minimum Gasteiger partial charge on any atom is -0.497 e. The average Bonchev–Trinajstić information content (AvgIpc) is 2.54. The Morgan fingerprint density at radius 2 is 2.18 bits per heavy atom. The Hall–Kier alpha value is -1.91. The Balaban J connectivity index is 1.96. The minimum atomic E-state index is 0.653. The second kappa shape index (κ2) is 7.92. The highest BCUT2D eigenvalue weighted by molar-refractivity contribution is 5.78. The number of guanidine groups is 1. The molecule has 22 heavy (non-hydrogen) atoms. The van der Waals surface area contributed by atoms with E-state index in [9.17, 15) is 0 Å². The molecular weight excluding hydrogens is 278 g/mol. The molecule has 1 aliphatic rings. The molecule has 0 amide bonds. The van der Waals surface area contributed by atoms with E-state index >= 15 is 0 Å². The van der Waals surface area contributed by atoms with Gasteiger partial charge in [-0.15, -0.1) is 0 Å². The van der Waals surface area contributed by atoms with Crippen LogP contribution in [0.3, 0.4) is 0 Å². The van der Waals surface area contributed by atoms with Gasteiger partial charge in [0.05, 0.1) is 14.2 Å². The zero-order valence-electron chi connectivity index (χ0n) is 13.8. The Kier molecular flexibility index (Phi) is 5.92. The van der Waals surface area contributed by atoms with Gasteiger partial charge in [0, 0.05) is 19.6 Å². The number of hydrogen-bond donors (Lipinski definition) is 1. The highest BCUT2D eigenvalue weighted by Gasteiger charge is 2.17. The molecule has 0 aliphatic carbocycles. The lowest BCUT2D eigenvalue weighted by Crippen LogP contribution is -2.43. The molecule has 1 unspecified atom stereocenters. The number of piperidine rings is 1. The molecule has 122 valence electrons. The molecule has 0 aromatic heterocycles. The summed E-state index contributed by atoms with van der Waals surface area (Å²) in [5.74, 6) is 3.05. The second-order valence-electron chi connectivity index (χ2n) is 5.86. The molecule has 2 rings (SSSR count). The van der Waals surface area contributed by atoms with Gasteiger partial charge in [-0.2, -0.15) is 0 Å². The van der Waals surface area contributed by atoms with E-state index in [0.29, 0.717) is 18.4 Å². The van der Waals surface area contributed by atoms with Crippen molar-refractivity contribution in [2.45, 2.75) is 26.2 Å². The molecule has 0 spiro atoms. The maximum Gasteiger partial charge on any atom is 0.191 e. The van der Waals surface area contributed by atoms with Crippen molar-refractivity contribution >= 4 is 5.96 Å². The van der Waals surface area contributed by atoms with Crippen LogP contribution in [0, 0.1) is 5.92 Å². The third kappa shape index (κ3) is 4.29. The zero-order chi connectivity index (χ0) is 15.9. The fourth-order valence-corrected chi connectivity index (χ4v) is 2.87. The number of methoxy groups -OCH3 is 2. The van der Waals surface area contributed by atoms with Crippen molar-refractivity contribution < 1.29 is 9.47 Å². The van der Waals surface area contributed by atoms with Crippen molar-refractivity contribution in [3.05, 3.63) is 23.8 Å². The fourth-order valence-electron chi connectivity index (χ4n) is 2.87. The van der Waals surface area contributed by atoms with Gasteiger partial charge in [-0.05, 0) is 48.9 Å². The number of benzene rings is 1. The van der Waals surface area contributed by atoms with Crippen LogP contribution in [-0.4, -0.2) is 44.7 Å². The van der Waals surface area contributed by atoms with Gasteiger partial charge in [-0.3, -0.25) is 4.99 Å². The van der Waals surface area contributed by atoms with Crippen LogP contribution < -0.4 is 15.2 Å². The van der Waals surface area contributed by atoms with E-state index in [-0.39, 0.29) is 0 Å². The van der Waals surface area contributed by atoms with Gasteiger partial charge in [0.25, 0.3) is 0 Å². The van der Waals surface area contributed by atoms with Crippen LogP contribution in [0.15, 0.2) is 23.2 Å². The van der Waals surface area contributed by atoms with Gasteiger partial charge >= 0.3 is 0 Å². The molecule has 1 atom stereocenters. The van der Waals surface area contributed by atoms with Gasteiger partial charge in [0.15, 0.2) is 5.96 Å². The number of nitrogens with zero attached hydrogens (tertiary/aromatic N) is 2. The third-order valence-electron chi connectivity index (χ3n) is 4.12. The predicted molar refractivity (Wildman–Crippen MR) is 89.7 cm³/mol. The Bertz CT molecular complexity index is 517. The van der Waals surface area contributed by atoms with E-state index in [4.69, 9.17) is 15.2 Å². The van der Waals surface area contributed by atoms with Crippen molar-refractivity contribution in [3.8, 4) is 11.5 Å². The first kappa shape index (κ1) is 16.5. The topological polar surface area (TPSA) is 60.1 Å². The van der Waals surface area contributed by atoms with Crippen molar-refractivity contribution in [2.24, 2.45) is 16.6 Å². The molecule has 1 fully saturated rings. The van der Waals surface area contributed by atoms with Crippen LogP contribution in [0.5, 0.6) is 11.5 Å². The molecule has 1 aliphatic heterocycles. The number of ether oxygens (including phenoxy) is 2. The number of aliphatic imine (C=N–C) groups is 1. The molecule has 0 radical (unpaired) electrons. The van der Waals surface area contributed by atoms with Crippen molar-refractivity contribution in [1.82, 2.24) is 4.90 Å². The Labute approximate surface area is 133 Å². The lowest BCUT2D eigenvalue weighted by Gasteiger charge is -2.31. The lowest BCUT2D eigenvalue weighted by molar-refractivity contribution is 0.270. The SMILES string of the molecule is COc1ccc(OC)c(CCN=C(N)N2CCCC(C)C2)c1. The standard InChI is InChI=1S/C17H27N3O2/c1-13-5-4-10-20(12-13)17(18)19-9-8-14-11-15(21-2)6-7-16(14)22-3/h6-7,11,13H,4-5,8-10,12H2,1-3H3,(H2,18,19). The van der Waals surface area contributed by atoms with E-state index in [2.05, 4.69) is 16.8 Å². The van der Waals surface area contributed by atoms with Gasteiger partial charge in [-0.1, -0.05) is 6.92 Å². The number of likely N-dealkylation sites (tertiary alicyclic amines) is 1. The van der Waals surface area contributed by atoms with E-state index in [1.807, 2.05) is 18.2 Å². The van der Waals surface area contributed by atoms with Crippen LogP contribution in [0.25, 0.3) is 0 Å². The number of rotatable bonds is 5. The largest absolute Gasteiger partial charge is 0.497 e. The molecular formula is C17H27N3O2. The fraction of sp³-hybridized carbons (Fsp3) is 0.588. The summed E-state index contributed by atoms with van der Waals surface area (Å²) >= 11 is 0. The minimum absolute atomic E-state index is 0.653. The Morgan fingerprint density at radius 1 is 1.36 bits per heavy atom. The smallest absolute Gasteiger partial charge is 0.191 e. The van der Waals surface area contributed by atoms with E-state index < -0.39 is 0 Å². The molecule has 1 saturated heterocycles. The molecule has 1 heterocycles. The molecule has 1 aromatic carbocycles. The van der Waals surface area contributed by atoms with E-state index in [1.54, 1.807) is 14.2 Å². The molecule has 5 nitrogen and oxygen atoms in total. The van der Waals surface area contributed by atoms with E-state index in [0.717, 1.165) is 36.6 Å². The normalized spacial score (nSPS) is 19.1. The average molecular weight is 305 g/mol. The summed E-state index contributed by atoms with van der Waals surface area (Å²) in [5, 5.41) is 0. The first-order chi connectivity index (χ1) is 10.6. The lowest BCUT2D eigenvalue weighted by atomic mass is 10.0. The monoisotopic (exact) mass is 305 g/mol. The summed E-state index contributed by atoms with van der Waals surface area (Å²) in [6, 6.07) is 5.82.